The Labute approximate surface area is 284 Å². The largest absolute Gasteiger partial charge is 0.135 e. The molecule has 8 aromatic carbocycles. The first-order valence-electron chi connectivity index (χ1n) is 16.8. The summed E-state index contributed by atoms with van der Waals surface area (Å²) in [4.78, 5) is 0. The van der Waals surface area contributed by atoms with Crippen molar-refractivity contribution in [3.8, 4) is 44.5 Å². The number of hydrogen-bond donors (Lipinski definition) is 0. The molecule has 0 fully saturated rings. The Morgan fingerprint density at radius 3 is 1.65 bits per heavy atom. The second-order valence-corrected chi connectivity index (χ2v) is 14.7. The molecule has 0 atom stereocenters. The maximum atomic E-state index is 2.48. The van der Waals surface area contributed by atoms with Gasteiger partial charge in [0.2, 0.25) is 0 Å². The zero-order valence-corrected chi connectivity index (χ0v) is 27.7. The van der Waals surface area contributed by atoms with Crippen LogP contribution < -0.4 is 0 Å². The van der Waals surface area contributed by atoms with Gasteiger partial charge in [0.15, 0.2) is 0 Å². The van der Waals surface area contributed by atoms with Crippen molar-refractivity contribution in [2.24, 2.45) is 0 Å². The topological polar surface area (TPSA) is 0 Å². The van der Waals surface area contributed by atoms with E-state index in [0.29, 0.717) is 0 Å². The zero-order chi connectivity index (χ0) is 32.0. The van der Waals surface area contributed by atoms with Gasteiger partial charge in [0, 0.05) is 25.6 Å². The predicted molar refractivity (Wildman–Crippen MR) is 208 cm³/mol. The van der Waals surface area contributed by atoms with E-state index in [1.807, 2.05) is 11.3 Å². The number of hydrogen-bond acceptors (Lipinski definition) is 1. The van der Waals surface area contributed by atoms with Crippen LogP contribution in [0.25, 0.3) is 86.2 Å². The first-order chi connectivity index (χ1) is 23.6. The van der Waals surface area contributed by atoms with Crippen molar-refractivity contribution in [3.05, 3.63) is 169 Å². The summed E-state index contributed by atoms with van der Waals surface area (Å²) in [6.07, 6.45) is 0. The van der Waals surface area contributed by atoms with Gasteiger partial charge in [-0.15, -0.1) is 11.3 Å². The molecule has 0 radical (unpaired) electrons. The molecule has 0 spiro atoms. The van der Waals surface area contributed by atoms with E-state index in [1.165, 1.54) is 97.4 Å². The van der Waals surface area contributed by atoms with Crippen LogP contribution in [0.15, 0.2) is 158 Å². The summed E-state index contributed by atoms with van der Waals surface area (Å²) in [5, 5.41) is 7.91. The highest BCUT2D eigenvalue weighted by Crippen LogP contribution is 2.57. The molecule has 1 heterocycles. The average Bonchev–Trinajstić information content (AvgIpc) is 3.62. The maximum Gasteiger partial charge on any atom is 0.0365 e. The van der Waals surface area contributed by atoms with Gasteiger partial charge >= 0.3 is 0 Å². The monoisotopic (exact) mass is 628 g/mol. The minimum Gasteiger partial charge on any atom is -0.135 e. The quantitative estimate of drug-likeness (QED) is 0.171. The Morgan fingerprint density at radius 1 is 0.396 bits per heavy atom. The van der Waals surface area contributed by atoms with Crippen LogP contribution in [0.3, 0.4) is 0 Å². The molecule has 1 aliphatic rings. The van der Waals surface area contributed by atoms with Gasteiger partial charge in [-0.05, 0) is 95.4 Å². The van der Waals surface area contributed by atoms with Crippen molar-refractivity contribution in [1.29, 1.82) is 0 Å². The minimum absolute atomic E-state index is 0.110. The summed E-state index contributed by atoms with van der Waals surface area (Å²) in [5.41, 5.74) is 13.2. The van der Waals surface area contributed by atoms with Crippen molar-refractivity contribution < 1.29 is 0 Å². The van der Waals surface area contributed by atoms with Gasteiger partial charge in [-0.25, -0.2) is 0 Å². The van der Waals surface area contributed by atoms with E-state index in [9.17, 15) is 0 Å². The molecule has 1 heteroatoms. The van der Waals surface area contributed by atoms with Crippen molar-refractivity contribution in [3.63, 3.8) is 0 Å². The molecule has 0 saturated carbocycles. The third kappa shape index (κ3) is 3.83. The van der Waals surface area contributed by atoms with E-state index in [4.69, 9.17) is 0 Å². The molecule has 0 N–H and O–H groups in total. The smallest absolute Gasteiger partial charge is 0.0365 e. The molecule has 1 aliphatic carbocycles. The molecule has 0 unspecified atom stereocenters. The van der Waals surface area contributed by atoms with Crippen molar-refractivity contribution in [1.82, 2.24) is 0 Å². The Morgan fingerprint density at radius 2 is 0.938 bits per heavy atom. The van der Waals surface area contributed by atoms with Gasteiger partial charge in [-0.3, -0.25) is 0 Å². The van der Waals surface area contributed by atoms with Gasteiger partial charge in [0.25, 0.3) is 0 Å². The van der Waals surface area contributed by atoms with E-state index in [2.05, 4.69) is 172 Å². The Kier molecular flexibility index (Phi) is 5.89. The molecule has 0 saturated heterocycles. The minimum atomic E-state index is -0.110. The van der Waals surface area contributed by atoms with Crippen molar-refractivity contribution in [2.75, 3.05) is 0 Å². The van der Waals surface area contributed by atoms with Crippen molar-refractivity contribution >= 4 is 53.1 Å². The summed E-state index contributed by atoms with van der Waals surface area (Å²) in [5.74, 6) is 0. The number of thiophene rings is 1. The normalized spacial score (nSPS) is 13.4. The average molecular weight is 629 g/mol. The predicted octanol–water partition coefficient (Wildman–Crippen LogP) is 13.7. The van der Waals surface area contributed by atoms with Gasteiger partial charge in [0.1, 0.15) is 0 Å². The first kappa shape index (κ1) is 27.6. The van der Waals surface area contributed by atoms with E-state index in [1.54, 1.807) is 0 Å². The van der Waals surface area contributed by atoms with E-state index < -0.39 is 0 Å². The zero-order valence-electron chi connectivity index (χ0n) is 26.9. The molecule has 1 aromatic heterocycles. The van der Waals surface area contributed by atoms with E-state index >= 15 is 0 Å². The highest BCUT2D eigenvalue weighted by Gasteiger charge is 2.39. The number of rotatable bonds is 3. The van der Waals surface area contributed by atoms with Crippen LogP contribution >= 0.6 is 11.3 Å². The van der Waals surface area contributed by atoms with Crippen LogP contribution in [0.2, 0.25) is 0 Å². The van der Waals surface area contributed by atoms with E-state index in [0.717, 1.165) is 0 Å². The van der Waals surface area contributed by atoms with Crippen LogP contribution in [0.5, 0.6) is 0 Å². The summed E-state index contributed by atoms with van der Waals surface area (Å²) >= 11 is 1.92. The van der Waals surface area contributed by atoms with Crippen LogP contribution in [-0.2, 0) is 5.41 Å². The fourth-order valence-corrected chi connectivity index (χ4v) is 9.75. The van der Waals surface area contributed by atoms with E-state index in [-0.39, 0.29) is 5.41 Å². The molecular formula is C47H32S. The maximum absolute atomic E-state index is 2.48. The fraction of sp³-hybridized carbons (Fsp3) is 0.0638. The SMILES string of the molecule is CC1(C)c2ccccc2-c2c(-c3cccc(-c4c5ccccc5c(-c5ccccc5)c5ccccc45)c3)cc3sc4ccccc4c3c21. The number of fused-ring (bicyclic) bond motifs is 9. The Balaban J connectivity index is 1.29. The van der Waals surface area contributed by atoms with Gasteiger partial charge < -0.3 is 0 Å². The van der Waals surface area contributed by atoms with Gasteiger partial charge in [-0.2, -0.15) is 0 Å². The molecule has 9 aromatic rings. The third-order valence-electron chi connectivity index (χ3n) is 10.6. The second-order valence-electron chi connectivity index (χ2n) is 13.6. The highest BCUT2D eigenvalue weighted by molar-refractivity contribution is 7.25. The standard InChI is InChI=1S/C47H32S/c1-47(2)39-25-12-10-23-36(39)44-38(28-41-45(46(44)47)37-24-11-13-26-40(37)48-41)30-17-14-18-31(27-30)43-34-21-8-6-19-32(34)42(29-15-4-3-5-16-29)33-20-7-9-22-35(33)43/h3-28H,1-2H3. The molecular weight excluding hydrogens is 597 g/mol. The van der Waals surface area contributed by atoms with Crippen LogP contribution in [0, 0.1) is 0 Å². The molecule has 0 aliphatic heterocycles. The van der Waals surface area contributed by atoms with Gasteiger partial charge in [-0.1, -0.05) is 153 Å². The highest BCUT2D eigenvalue weighted by atomic mass is 32.1. The second kappa shape index (κ2) is 10.2. The first-order valence-corrected chi connectivity index (χ1v) is 17.6. The Hall–Kier alpha value is -5.50. The molecule has 0 amide bonds. The lowest BCUT2D eigenvalue weighted by Gasteiger charge is -2.23. The molecule has 10 rings (SSSR count). The van der Waals surface area contributed by atoms with Crippen LogP contribution in [0.1, 0.15) is 25.0 Å². The molecule has 0 bridgehead atoms. The summed E-state index contributed by atoms with van der Waals surface area (Å²) in [6.45, 7) is 4.83. The molecule has 0 nitrogen and oxygen atoms in total. The lowest BCUT2D eigenvalue weighted by Crippen LogP contribution is -2.15. The van der Waals surface area contributed by atoms with Crippen LogP contribution in [-0.4, -0.2) is 0 Å². The molecule has 48 heavy (non-hydrogen) atoms. The van der Waals surface area contributed by atoms with Gasteiger partial charge in [0.05, 0.1) is 0 Å². The van der Waals surface area contributed by atoms with Crippen LogP contribution in [0.4, 0.5) is 0 Å². The fourth-order valence-electron chi connectivity index (χ4n) is 8.60. The third-order valence-corrected chi connectivity index (χ3v) is 11.7. The lowest BCUT2D eigenvalue weighted by molar-refractivity contribution is 0.667. The van der Waals surface area contributed by atoms with Crippen molar-refractivity contribution in [2.45, 2.75) is 19.3 Å². The summed E-state index contributed by atoms with van der Waals surface area (Å²) < 4.78 is 2.71. The summed E-state index contributed by atoms with van der Waals surface area (Å²) in [7, 11) is 0. The lowest BCUT2D eigenvalue weighted by atomic mass is 9.79. The molecule has 226 valence electrons. The summed E-state index contributed by atoms with van der Waals surface area (Å²) in [6, 6.07) is 58.5. The Bertz CT molecular complexity index is 2690. The number of benzene rings is 8.